The first kappa shape index (κ1) is 9.64. The van der Waals surface area contributed by atoms with Gasteiger partial charge in [-0.2, -0.15) is 5.16 Å². The molecule has 0 spiro atoms. The van der Waals surface area contributed by atoms with Crippen LogP contribution in [0.3, 0.4) is 0 Å². The van der Waals surface area contributed by atoms with E-state index in [4.69, 9.17) is 5.11 Å². The fourth-order valence-electron chi connectivity index (χ4n) is 0.972. The summed E-state index contributed by atoms with van der Waals surface area (Å²) >= 11 is 0. The molecule has 0 unspecified atom stereocenters. The largest absolute Gasteiger partial charge is 0.479 e. The van der Waals surface area contributed by atoms with E-state index in [-0.39, 0.29) is 11.5 Å². The van der Waals surface area contributed by atoms with E-state index in [0.29, 0.717) is 0 Å². The molecule has 1 aromatic rings. The molecule has 2 N–H and O–H groups in total. The maximum absolute atomic E-state index is 10.9. The van der Waals surface area contributed by atoms with E-state index in [2.05, 4.69) is 11.4 Å². The molecule has 1 aromatic heterocycles. The summed E-state index contributed by atoms with van der Waals surface area (Å²) in [6, 6.07) is 0. The number of rotatable bonds is 4. The topological polar surface area (TPSA) is 66.2 Å². The second-order valence-corrected chi connectivity index (χ2v) is 2.80. The number of aromatic hydroxyl groups is 1. The van der Waals surface area contributed by atoms with E-state index in [1.54, 1.807) is 6.08 Å². The summed E-state index contributed by atoms with van der Waals surface area (Å²) in [6.45, 7) is 2.09. The molecule has 4 heteroatoms. The molecular weight excluding hydrogens is 170 g/mol. The van der Waals surface area contributed by atoms with Gasteiger partial charge in [-0.25, -0.2) is 0 Å². The lowest BCUT2D eigenvalue weighted by molar-refractivity contribution is 0.275. The summed E-state index contributed by atoms with van der Waals surface area (Å²) in [5.74, 6) is -0.349. The first-order valence-electron chi connectivity index (χ1n) is 4.32. The Morgan fingerprint density at radius 1 is 1.62 bits per heavy atom. The number of unbranched alkanes of at least 4 members (excludes halogenated alkanes) is 2. The van der Waals surface area contributed by atoms with Gasteiger partial charge in [-0.15, -0.1) is 0 Å². The van der Waals surface area contributed by atoms with Gasteiger partial charge in [0, 0.05) is 0 Å². The molecule has 0 amide bonds. The van der Waals surface area contributed by atoms with E-state index >= 15 is 0 Å². The SMILES string of the molecule is CCCC/C=C/c1c(O)o[nH]c1=O. The Hall–Kier alpha value is -1.45. The van der Waals surface area contributed by atoms with Crippen LogP contribution in [-0.4, -0.2) is 10.3 Å². The summed E-state index contributed by atoms with van der Waals surface area (Å²) in [4.78, 5) is 10.9. The lowest BCUT2D eigenvalue weighted by atomic mass is 10.2. The molecule has 1 heterocycles. The Bertz CT molecular complexity index is 335. The van der Waals surface area contributed by atoms with Gasteiger partial charge in [0.15, 0.2) is 0 Å². The predicted molar refractivity (Wildman–Crippen MR) is 49.6 cm³/mol. The van der Waals surface area contributed by atoms with Crippen molar-refractivity contribution in [3.05, 3.63) is 22.0 Å². The minimum Gasteiger partial charge on any atom is -0.479 e. The maximum Gasteiger partial charge on any atom is 0.317 e. The van der Waals surface area contributed by atoms with Crippen molar-refractivity contribution in [2.75, 3.05) is 0 Å². The highest BCUT2D eigenvalue weighted by Crippen LogP contribution is 2.12. The van der Waals surface area contributed by atoms with E-state index in [0.717, 1.165) is 19.3 Å². The molecule has 4 nitrogen and oxygen atoms in total. The van der Waals surface area contributed by atoms with Crippen molar-refractivity contribution in [1.82, 2.24) is 5.16 Å². The fraction of sp³-hybridized carbons (Fsp3) is 0.444. The molecule has 0 aliphatic carbocycles. The third-order valence-electron chi connectivity index (χ3n) is 1.72. The number of H-pyrrole nitrogens is 1. The molecule has 0 saturated heterocycles. The van der Waals surface area contributed by atoms with Crippen LogP contribution in [0, 0.1) is 0 Å². The van der Waals surface area contributed by atoms with Crippen LogP contribution in [0.1, 0.15) is 31.7 Å². The van der Waals surface area contributed by atoms with Gasteiger partial charge < -0.3 is 9.63 Å². The molecule has 0 saturated carbocycles. The zero-order chi connectivity index (χ0) is 9.68. The van der Waals surface area contributed by atoms with Crippen LogP contribution in [0.25, 0.3) is 6.08 Å². The summed E-state index contributed by atoms with van der Waals surface area (Å²) in [6.07, 6.45) is 6.52. The van der Waals surface area contributed by atoms with Gasteiger partial charge in [0.25, 0.3) is 5.56 Å². The molecule has 0 aliphatic rings. The highest BCUT2D eigenvalue weighted by atomic mass is 16.6. The summed E-state index contributed by atoms with van der Waals surface area (Å²) < 4.78 is 4.42. The number of aromatic nitrogens is 1. The molecule has 13 heavy (non-hydrogen) atoms. The van der Waals surface area contributed by atoms with Crippen LogP contribution in [-0.2, 0) is 0 Å². The quantitative estimate of drug-likeness (QED) is 0.700. The molecule has 0 radical (unpaired) electrons. The molecule has 0 fully saturated rings. The zero-order valence-corrected chi connectivity index (χ0v) is 7.54. The second-order valence-electron chi connectivity index (χ2n) is 2.80. The lowest BCUT2D eigenvalue weighted by Crippen LogP contribution is -2.00. The molecule has 1 rings (SSSR count). The first-order chi connectivity index (χ1) is 6.25. The van der Waals surface area contributed by atoms with Gasteiger partial charge in [-0.1, -0.05) is 25.8 Å². The Kier molecular flexibility index (Phi) is 3.37. The minimum atomic E-state index is -0.398. The number of nitrogens with one attached hydrogen (secondary N) is 1. The van der Waals surface area contributed by atoms with Crippen molar-refractivity contribution >= 4 is 6.08 Å². The fourth-order valence-corrected chi connectivity index (χ4v) is 0.972. The number of hydrogen-bond acceptors (Lipinski definition) is 3. The molecule has 0 aromatic carbocycles. The van der Waals surface area contributed by atoms with Crippen LogP contribution >= 0.6 is 0 Å². The Morgan fingerprint density at radius 2 is 2.38 bits per heavy atom. The maximum atomic E-state index is 10.9. The van der Waals surface area contributed by atoms with Crippen LogP contribution < -0.4 is 5.56 Å². The minimum absolute atomic E-state index is 0.191. The Balaban J connectivity index is 2.63. The second kappa shape index (κ2) is 4.54. The van der Waals surface area contributed by atoms with Gasteiger partial charge in [-0.05, 0) is 12.5 Å². The van der Waals surface area contributed by atoms with E-state index < -0.39 is 5.56 Å². The number of allylic oxidation sites excluding steroid dienone is 1. The standard InChI is InChI=1S/C9H13NO3/c1-2-3-4-5-6-7-8(11)10-13-9(7)12/h5-6,12H,2-4H2,1H3,(H,10,11)/b6-5+. The molecule has 72 valence electrons. The van der Waals surface area contributed by atoms with Crippen LogP contribution in [0.4, 0.5) is 0 Å². The van der Waals surface area contributed by atoms with Crippen molar-refractivity contribution in [2.24, 2.45) is 0 Å². The average Bonchev–Trinajstić information content (AvgIpc) is 2.42. The summed E-state index contributed by atoms with van der Waals surface area (Å²) in [7, 11) is 0. The van der Waals surface area contributed by atoms with Crippen LogP contribution in [0.5, 0.6) is 5.95 Å². The monoisotopic (exact) mass is 183 g/mol. The summed E-state index contributed by atoms with van der Waals surface area (Å²) in [5, 5.41) is 11.1. The van der Waals surface area contributed by atoms with Gasteiger partial charge in [0.05, 0.1) is 0 Å². The van der Waals surface area contributed by atoms with Crippen molar-refractivity contribution < 1.29 is 9.63 Å². The highest BCUT2D eigenvalue weighted by molar-refractivity contribution is 5.51. The highest BCUT2D eigenvalue weighted by Gasteiger charge is 2.06. The molecule has 0 bridgehead atoms. The Labute approximate surface area is 75.9 Å². The van der Waals surface area contributed by atoms with Crippen molar-refractivity contribution in [2.45, 2.75) is 26.2 Å². The molecule has 0 atom stereocenters. The number of aromatic amines is 1. The molecule has 0 aliphatic heterocycles. The van der Waals surface area contributed by atoms with Crippen molar-refractivity contribution in [3.63, 3.8) is 0 Å². The predicted octanol–water partition coefficient (Wildman–Crippen LogP) is 1.88. The number of hydrogen-bond donors (Lipinski definition) is 2. The first-order valence-corrected chi connectivity index (χ1v) is 4.32. The molecular formula is C9H13NO3. The van der Waals surface area contributed by atoms with Gasteiger partial charge in [0.1, 0.15) is 5.56 Å². The van der Waals surface area contributed by atoms with E-state index in [9.17, 15) is 4.79 Å². The third kappa shape index (κ3) is 2.50. The van der Waals surface area contributed by atoms with E-state index in [1.165, 1.54) is 0 Å². The van der Waals surface area contributed by atoms with E-state index in [1.807, 2.05) is 11.2 Å². The smallest absolute Gasteiger partial charge is 0.317 e. The normalized spacial score (nSPS) is 11.2. The van der Waals surface area contributed by atoms with Crippen LogP contribution in [0.15, 0.2) is 15.4 Å². The Morgan fingerprint density at radius 3 is 2.92 bits per heavy atom. The van der Waals surface area contributed by atoms with Gasteiger partial charge >= 0.3 is 5.95 Å². The summed E-state index contributed by atoms with van der Waals surface area (Å²) in [5.41, 5.74) is -0.207. The van der Waals surface area contributed by atoms with Gasteiger partial charge in [-0.3, -0.25) is 4.79 Å². The lowest BCUT2D eigenvalue weighted by Gasteiger charge is -1.87. The van der Waals surface area contributed by atoms with Crippen molar-refractivity contribution in [1.29, 1.82) is 0 Å². The average molecular weight is 183 g/mol. The van der Waals surface area contributed by atoms with Crippen LogP contribution in [0.2, 0.25) is 0 Å². The van der Waals surface area contributed by atoms with Crippen molar-refractivity contribution in [3.8, 4) is 5.95 Å². The third-order valence-corrected chi connectivity index (χ3v) is 1.72. The van der Waals surface area contributed by atoms with Gasteiger partial charge in [0.2, 0.25) is 0 Å². The zero-order valence-electron chi connectivity index (χ0n) is 7.54.